The van der Waals surface area contributed by atoms with Crippen molar-refractivity contribution in [3.63, 3.8) is 0 Å². The van der Waals surface area contributed by atoms with Gasteiger partial charge in [0, 0.05) is 5.92 Å². The lowest BCUT2D eigenvalue weighted by Crippen LogP contribution is -2.05. The molecule has 1 aromatic rings. The summed E-state index contributed by atoms with van der Waals surface area (Å²) < 4.78 is 5.58. The molecule has 0 aromatic carbocycles. The first-order valence-electron chi connectivity index (χ1n) is 5.37. The lowest BCUT2D eigenvalue weighted by Gasteiger charge is -2.17. The van der Waals surface area contributed by atoms with Gasteiger partial charge in [-0.25, -0.2) is 0 Å². The molecule has 0 aliphatic heterocycles. The van der Waals surface area contributed by atoms with Crippen LogP contribution in [-0.2, 0) is 6.54 Å². The van der Waals surface area contributed by atoms with E-state index in [1.165, 1.54) is 32.1 Å². The number of aromatic nitrogens is 2. The second-order valence-corrected chi connectivity index (χ2v) is 3.90. The highest BCUT2D eigenvalue weighted by Gasteiger charge is 2.20. The van der Waals surface area contributed by atoms with E-state index in [1.807, 2.05) is 7.05 Å². The average Bonchev–Trinajstić information content (AvgIpc) is 2.68. The van der Waals surface area contributed by atoms with Crippen molar-refractivity contribution in [1.29, 1.82) is 0 Å². The molecule has 78 valence electrons. The standard InChI is InChI=1S/C10H17N3O/c1-11-7-9-12-13-10(14-9)8-5-3-2-4-6-8/h8,11H,2-7H2,1H3. The highest BCUT2D eigenvalue weighted by atomic mass is 16.4. The third kappa shape index (κ3) is 2.12. The van der Waals surface area contributed by atoms with E-state index in [1.54, 1.807) is 0 Å². The molecular weight excluding hydrogens is 178 g/mol. The van der Waals surface area contributed by atoms with Gasteiger partial charge in [-0.15, -0.1) is 10.2 Å². The molecule has 1 fully saturated rings. The summed E-state index contributed by atoms with van der Waals surface area (Å²) in [5.41, 5.74) is 0. The monoisotopic (exact) mass is 195 g/mol. The summed E-state index contributed by atoms with van der Waals surface area (Å²) in [4.78, 5) is 0. The van der Waals surface area contributed by atoms with Crippen molar-refractivity contribution in [2.24, 2.45) is 0 Å². The second-order valence-electron chi connectivity index (χ2n) is 3.90. The molecule has 0 spiro atoms. The third-order valence-electron chi connectivity index (χ3n) is 2.76. The van der Waals surface area contributed by atoms with E-state index in [0.717, 1.165) is 5.89 Å². The number of nitrogens with zero attached hydrogens (tertiary/aromatic N) is 2. The van der Waals surface area contributed by atoms with Gasteiger partial charge in [-0.2, -0.15) is 0 Å². The van der Waals surface area contributed by atoms with Gasteiger partial charge in [0.1, 0.15) is 0 Å². The van der Waals surface area contributed by atoms with E-state index in [0.29, 0.717) is 18.4 Å². The Morgan fingerprint density at radius 1 is 1.29 bits per heavy atom. The van der Waals surface area contributed by atoms with E-state index in [9.17, 15) is 0 Å². The Labute approximate surface area is 84.1 Å². The maximum Gasteiger partial charge on any atom is 0.230 e. The first kappa shape index (κ1) is 9.65. The summed E-state index contributed by atoms with van der Waals surface area (Å²) in [5, 5.41) is 11.1. The first-order valence-corrected chi connectivity index (χ1v) is 5.37. The molecular formula is C10H17N3O. The molecule has 0 saturated heterocycles. The topological polar surface area (TPSA) is 51.0 Å². The molecule has 1 aliphatic carbocycles. The van der Waals surface area contributed by atoms with Crippen LogP contribution < -0.4 is 5.32 Å². The first-order chi connectivity index (χ1) is 6.90. The van der Waals surface area contributed by atoms with Crippen molar-refractivity contribution in [3.8, 4) is 0 Å². The maximum absolute atomic E-state index is 5.58. The number of nitrogens with one attached hydrogen (secondary N) is 1. The SMILES string of the molecule is CNCc1nnc(C2CCCCC2)o1. The zero-order valence-corrected chi connectivity index (χ0v) is 8.62. The van der Waals surface area contributed by atoms with Gasteiger partial charge in [0.15, 0.2) is 0 Å². The summed E-state index contributed by atoms with van der Waals surface area (Å²) >= 11 is 0. The summed E-state index contributed by atoms with van der Waals surface area (Å²) in [6, 6.07) is 0. The van der Waals surface area contributed by atoms with Gasteiger partial charge >= 0.3 is 0 Å². The zero-order valence-electron chi connectivity index (χ0n) is 8.62. The molecule has 0 radical (unpaired) electrons. The van der Waals surface area contributed by atoms with Crippen molar-refractivity contribution < 1.29 is 4.42 Å². The van der Waals surface area contributed by atoms with Gasteiger partial charge in [0.25, 0.3) is 0 Å². The molecule has 0 atom stereocenters. The fourth-order valence-corrected chi connectivity index (χ4v) is 2.00. The lowest BCUT2D eigenvalue weighted by atomic mass is 9.89. The van der Waals surface area contributed by atoms with Crippen molar-refractivity contribution in [3.05, 3.63) is 11.8 Å². The molecule has 14 heavy (non-hydrogen) atoms. The molecule has 1 aliphatic rings. The minimum atomic E-state index is 0.516. The second kappa shape index (κ2) is 4.55. The summed E-state index contributed by atoms with van der Waals surface area (Å²) in [7, 11) is 1.88. The Hall–Kier alpha value is -0.900. The van der Waals surface area contributed by atoms with Crippen LogP contribution >= 0.6 is 0 Å². The highest BCUT2D eigenvalue weighted by Crippen LogP contribution is 2.31. The van der Waals surface area contributed by atoms with E-state index < -0.39 is 0 Å². The molecule has 1 saturated carbocycles. The molecule has 0 unspecified atom stereocenters. The minimum absolute atomic E-state index is 0.516. The molecule has 1 heterocycles. The Bertz CT molecular complexity index is 279. The van der Waals surface area contributed by atoms with Gasteiger partial charge in [-0.1, -0.05) is 19.3 Å². The zero-order chi connectivity index (χ0) is 9.80. The number of rotatable bonds is 3. The third-order valence-corrected chi connectivity index (χ3v) is 2.76. The van der Waals surface area contributed by atoms with Crippen LogP contribution in [0.2, 0.25) is 0 Å². The Morgan fingerprint density at radius 3 is 2.79 bits per heavy atom. The van der Waals surface area contributed by atoms with Crippen molar-refractivity contribution >= 4 is 0 Å². The van der Waals surface area contributed by atoms with Crippen LogP contribution in [0.5, 0.6) is 0 Å². The van der Waals surface area contributed by atoms with E-state index >= 15 is 0 Å². The number of hydrogen-bond donors (Lipinski definition) is 1. The quantitative estimate of drug-likeness (QED) is 0.799. The van der Waals surface area contributed by atoms with E-state index in [2.05, 4.69) is 15.5 Å². The molecule has 1 aromatic heterocycles. The fraction of sp³-hybridized carbons (Fsp3) is 0.800. The predicted octanol–water partition coefficient (Wildman–Crippen LogP) is 1.84. The Morgan fingerprint density at radius 2 is 2.07 bits per heavy atom. The molecule has 1 N–H and O–H groups in total. The summed E-state index contributed by atoms with van der Waals surface area (Å²) in [6.07, 6.45) is 6.37. The van der Waals surface area contributed by atoms with E-state index in [4.69, 9.17) is 4.42 Å². The van der Waals surface area contributed by atoms with Crippen LogP contribution in [0.15, 0.2) is 4.42 Å². The normalized spacial score (nSPS) is 18.6. The van der Waals surface area contributed by atoms with Crippen LogP contribution in [-0.4, -0.2) is 17.2 Å². The lowest BCUT2D eigenvalue weighted by molar-refractivity contribution is 0.349. The van der Waals surface area contributed by atoms with Crippen molar-refractivity contribution in [2.45, 2.75) is 44.6 Å². The largest absolute Gasteiger partial charge is 0.424 e. The van der Waals surface area contributed by atoms with Crippen LogP contribution in [0.4, 0.5) is 0 Å². The van der Waals surface area contributed by atoms with Gasteiger partial charge in [0.2, 0.25) is 11.8 Å². The highest BCUT2D eigenvalue weighted by molar-refractivity contribution is 4.92. The maximum atomic E-state index is 5.58. The minimum Gasteiger partial charge on any atom is -0.424 e. The smallest absolute Gasteiger partial charge is 0.230 e. The van der Waals surface area contributed by atoms with Gasteiger partial charge < -0.3 is 9.73 Å². The molecule has 2 rings (SSSR count). The van der Waals surface area contributed by atoms with Gasteiger partial charge in [-0.3, -0.25) is 0 Å². The van der Waals surface area contributed by atoms with Crippen LogP contribution in [0.1, 0.15) is 49.8 Å². The predicted molar refractivity (Wildman–Crippen MR) is 52.9 cm³/mol. The van der Waals surface area contributed by atoms with E-state index in [-0.39, 0.29) is 0 Å². The molecule has 4 nitrogen and oxygen atoms in total. The fourth-order valence-electron chi connectivity index (χ4n) is 2.00. The molecule has 0 amide bonds. The Kier molecular flexibility index (Phi) is 3.14. The summed E-state index contributed by atoms with van der Waals surface area (Å²) in [5.74, 6) is 2.06. The van der Waals surface area contributed by atoms with Crippen molar-refractivity contribution in [1.82, 2.24) is 15.5 Å². The Balaban J connectivity index is 2.00. The summed E-state index contributed by atoms with van der Waals surface area (Å²) in [6.45, 7) is 0.666. The van der Waals surface area contributed by atoms with Crippen LogP contribution in [0.25, 0.3) is 0 Å². The van der Waals surface area contributed by atoms with Crippen LogP contribution in [0, 0.1) is 0 Å². The van der Waals surface area contributed by atoms with Crippen molar-refractivity contribution in [2.75, 3.05) is 7.05 Å². The van der Waals surface area contributed by atoms with Gasteiger partial charge in [0.05, 0.1) is 6.54 Å². The number of hydrogen-bond acceptors (Lipinski definition) is 4. The molecule has 4 heteroatoms. The average molecular weight is 195 g/mol. The molecule has 0 bridgehead atoms. The van der Waals surface area contributed by atoms with Crippen LogP contribution in [0.3, 0.4) is 0 Å². The van der Waals surface area contributed by atoms with Gasteiger partial charge in [-0.05, 0) is 19.9 Å².